The first-order valence-electron chi connectivity index (χ1n) is 12.4. The normalized spacial score (nSPS) is 14.0. The predicted octanol–water partition coefficient (Wildman–Crippen LogP) is 0.964. The molecule has 0 aliphatic carbocycles. The number of nitrogens with two attached hydrogens (primary N) is 1. The lowest BCUT2D eigenvalue weighted by Crippen LogP contribution is -2.37. The van der Waals surface area contributed by atoms with E-state index in [1.54, 1.807) is 26.1 Å². The minimum atomic E-state index is -5.19. The Kier molecular flexibility index (Phi) is 12.7. The van der Waals surface area contributed by atoms with Crippen LogP contribution in [0.25, 0.3) is 0 Å². The molecule has 246 valence electrons. The number of fused-ring (bicyclic) bond motifs is 1. The molecule has 0 unspecified atom stereocenters. The number of nitrogens with one attached hydrogen (secondary N) is 2. The van der Waals surface area contributed by atoms with Crippen molar-refractivity contribution in [2.24, 2.45) is 17.8 Å². The fraction of sp³-hybridized carbons (Fsp3) is 0.346. The molecule has 0 radical (unpaired) electrons. The van der Waals surface area contributed by atoms with E-state index in [1.165, 1.54) is 11.0 Å². The Hall–Kier alpha value is -5.07. The number of rotatable bonds is 5. The fourth-order valence-electron chi connectivity index (χ4n) is 3.24. The summed E-state index contributed by atoms with van der Waals surface area (Å²) in [5.74, 6) is -6.76. The lowest BCUT2D eigenvalue weighted by molar-refractivity contribution is -0.671. The number of hydrogen-bond donors (Lipinski definition) is 4. The number of nitrogens with zero attached hydrogens (tertiary/aromatic N) is 3. The van der Waals surface area contributed by atoms with E-state index in [2.05, 4.69) is 15.6 Å². The second-order valence-corrected chi connectivity index (χ2v) is 9.40. The number of carboxylic acids is 2. The van der Waals surface area contributed by atoms with Crippen molar-refractivity contribution in [3.8, 4) is 0 Å². The van der Waals surface area contributed by atoms with Crippen molar-refractivity contribution in [1.29, 1.82) is 0 Å². The van der Waals surface area contributed by atoms with Gasteiger partial charge in [-0.1, -0.05) is 0 Å². The first-order valence-corrected chi connectivity index (χ1v) is 12.4. The molecule has 3 amide bonds. The summed E-state index contributed by atoms with van der Waals surface area (Å²) in [5.41, 5.74) is 8.25. The summed E-state index contributed by atoms with van der Waals surface area (Å²) in [6.45, 7) is 5.26. The van der Waals surface area contributed by atoms with Crippen molar-refractivity contribution in [2.45, 2.75) is 45.2 Å². The van der Waals surface area contributed by atoms with Crippen molar-refractivity contribution in [3.63, 3.8) is 0 Å². The van der Waals surface area contributed by atoms with Crippen LogP contribution in [0.4, 0.5) is 43.4 Å². The van der Waals surface area contributed by atoms with Gasteiger partial charge < -0.3 is 36.3 Å². The topological polar surface area (TPSA) is 198 Å². The van der Waals surface area contributed by atoms with Gasteiger partial charge in [0.05, 0.1) is 17.3 Å². The summed E-state index contributed by atoms with van der Waals surface area (Å²) in [4.78, 5) is 61.5. The van der Waals surface area contributed by atoms with Gasteiger partial charge in [-0.3, -0.25) is 14.4 Å². The van der Waals surface area contributed by atoms with Crippen molar-refractivity contribution in [2.75, 3.05) is 17.3 Å². The zero-order valence-electron chi connectivity index (χ0n) is 24.2. The number of aliphatic carboxylic acids is 2. The number of carbonyl (C=O) groups is 5. The van der Waals surface area contributed by atoms with Crippen LogP contribution in [-0.2, 0) is 26.2 Å². The standard InChI is InChI=1S/C22H26N6O3.2C2HF3O2/c1-12(2)24-21(30)15-11-14(25-20(29)13(3)23)8-9-16(15)26-18-19-17(28(5)22(18)31)7-6-10-27(19)4;2*3-2(4,5)1(6)7/h6-13H,23H2,1-5H3,(H,24,30);2*(H,6,7)/t13-;;/m0../s1. The van der Waals surface area contributed by atoms with Crippen LogP contribution >= 0.6 is 0 Å². The Morgan fingerprint density at radius 1 is 1.04 bits per heavy atom. The molecule has 0 fully saturated rings. The van der Waals surface area contributed by atoms with Crippen molar-refractivity contribution in [3.05, 3.63) is 47.8 Å². The van der Waals surface area contributed by atoms with Gasteiger partial charge in [0, 0.05) is 24.8 Å². The van der Waals surface area contributed by atoms with E-state index in [9.17, 15) is 40.7 Å². The van der Waals surface area contributed by atoms with Gasteiger partial charge in [0.1, 0.15) is 18.7 Å². The number of carbonyl (C=O) groups excluding carboxylic acids is 4. The highest BCUT2D eigenvalue weighted by molar-refractivity contribution is 6.53. The maximum atomic E-state index is 12.9. The number of benzene rings is 1. The van der Waals surface area contributed by atoms with E-state index in [0.717, 1.165) is 5.69 Å². The van der Waals surface area contributed by atoms with Gasteiger partial charge in [0.15, 0.2) is 6.20 Å². The molecule has 19 heteroatoms. The smallest absolute Gasteiger partial charge is 0.490 e. The maximum absolute atomic E-state index is 12.9. The van der Waals surface area contributed by atoms with Crippen LogP contribution in [0.1, 0.15) is 36.8 Å². The third kappa shape index (κ3) is 10.9. The van der Waals surface area contributed by atoms with Crippen molar-refractivity contribution in [1.82, 2.24) is 5.32 Å². The molecule has 1 atom stereocenters. The zero-order valence-corrected chi connectivity index (χ0v) is 24.2. The quantitative estimate of drug-likeness (QED) is 0.271. The predicted molar refractivity (Wildman–Crippen MR) is 143 cm³/mol. The largest absolute Gasteiger partial charge is 0.542 e. The summed E-state index contributed by atoms with van der Waals surface area (Å²) in [6, 6.07) is 7.65. The van der Waals surface area contributed by atoms with Gasteiger partial charge in [-0.15, -0.1) is 0 Å². The molecular formula is C26H28F6N6O7. The summed E-state index contributed by atoms with van der Waals surface area (Å²) < 4.78 is 65.1. The summed E-state index contributed by atoms with van der Waals surface area (Å²) in [7, 11) is 3.52. The Morgan fingerprint density at radius 2 is 1.58 bits per heavy atom. The monoisotopic (exact) mass is 650 g/mol. The van der Waals surface area contributed by atoms with E-state index in [4.69, 9.17) is 25.5 Å². The lowest BCUT2D eigenvalue weighted by atomic mass is 10.1. The Labute approximate surface area is 251 Å². The van der Waals surface area contributed by atoms with E-state index in [1.807, 2.05) is 43.8 Å². The van der Waals surface area contributed by atoms with Gasteiger partial charge in [0.25, 0.3) is 17.5 Å². The molecule has 1 aromatic carbocycles. The fourth-order valence-corrected chi connectivity index (χ4v) is 3.24. The van der Waals surface area contributed by atoms with Crippen LogP contribution < -0.4 is 30.9 Å². The molecule has 0 spiro atoms. The molecule has 1 aliphatic heterocycles. The second kappa shape index (κ2) is 15.1. The number of alkyl halides is 6. The maximum Gasteiger partial charge on any atom is 0.490 e. The van der Waals surface area contributed by atoms with Gasteiger partial charge in [-0.2, -0.15) is 30.9 Å². The zero-order chi connectivity index (χ0) is 35.0. The summed E-state index contributed by atoms with van der Waals surface area (Å²) >= 11 is 0. The highest BCUT2D eigenvalue weighted by atomic mass is 19.4. The van der Waals surface area contributed by atoms with Crippen LogP contribution in [0.15, 0.2) is 41.5 Å². The number of aromatic nitrogens is 1. The number of carboxylic acid groups (broad SMARTS) is 2. The molecule has 13 nitrogen and oxygen atoms in total. The molecular weight excluding hydrogens is 622 g/mol. The Bertz CT molecular complexity index is 1470. The SMILES string of the molecule is CC(C)NC(=O)c1cc(NC(=O)[C@H](C)N)ccc1N=C1C(=O)N(C)c2ccc[n+](C)c21.O=C(O)C(F)(F)F.O=C([O-])C(F)(F)F. The van der Waals surface area contributed by atoms with Crippen molar-refractivity contribution >= 4 is 52.4 Å². The second-order valence-electron chi connectivity index (χ2n) is 9.40. The van der Waals surface area contributed by atoms with E-state index in [-0.39, 0.29) is 35.0 Å². The number of pyridine rings is 1. The van der Waals surface area contributed by atoms with E-state index >= 15 is 0 Å². The first-order chi connectivity index (χ1) is 20.5. The molecule has 2 heterocycles. The number of amides is 3. The van der Waals surface area contributed by atoms with Crippen LogP contribution in [-0.4, -0.2) is 72.0 Å². The number of aliphatic imine (C=N–C) groups is 1. The average Bonchev–Trinajstić information content (AvgIpc) is 3.14. The molecule has 1 aliphatic rings. The molecule has 3 rings (SSSR count). The van der Waals surface area contributed by atoms with E-state index in [0.29, 0.717) is 17.1 Å². The Balaban J connectivity index is 0.000000601. The number of halogens is 6. The third-order valence-corrected chi connectivity index (χ3v) is 5.30. The van der Waals surface area contributed by atoms with Gasteiger partial charge in [-0.05, 0) is 45.0 Å². The Morgan fingerprint density at radius 3 is 2.02 bits per heavy atom. The number of aryl methyl sites for hydroxylation is 1. The third-order valence-electron chi connectivity index (χ3n) is 5.30. The summed E-state index contributed by atoms with van der Waals surface area (Å²) in [5, 5.41) is 21.4. The lowest BCUT2D eigenvalue weighted by Gasteiger charge is -2.13. The van der Waals surface area contributed by atoms with Crippen LogP contribution in [0.5, 0.6) is 0 Å². The van der Waals surface area contributed by atoms with Crippen LogP contribution in [0.3, 0.4) is 0 Å². The molecule has 45 heavy (non-hydrogen) atoms. The van der Waals surface area contributed by atoms with Gasteiger partial charge in [-0.25, -0.2) is 9.79 Å². The number of anilines is 2. The molecule has 0 saturated carbocycles. The first kappa shape index (κ1) is 38.0. The average molecular weight is 651 g/mol. The van der Waals surface area contributed by atoms with Gasteiger partial charge >= 0.3 is 18.3 Å². The summed E-state index contributed by atoms with van der Waals surface area (Å²) in [6.07, 6.45) is -8.44. The minimum absolute atomic E-state index is 0.104. The highest BCUT2D eigenvalue weighted by Crippen LogP contribution is 2.30. The molecule has 0 saturated heterocycles. The number of hydrogen-bond acceptors (Lipinski definition) is 8. The van der Waals surface area contributed by atoms with Crippen LogP contribution in [0, 0.1) is 0 Å². The van der Waals surface area contributed by atoms with E-state index < -0.39 is 30.3 Å². The molecule has 1 aromatic heterocycles. The molecule has 5 N–H and O–H groups in total. The highest BCUT2D eigenvalue weighted by Gasteiger charge is 2.39. The molecule has 2 aromatic rings. The number of likely N-dealkylation sites (N-methyl/N-ethyl adjacent to an activating group) is 1. The van der Waals surface area contributed by atoms with Gasteiger partial charge in [0.2, 0.25) is 11.6 Å². The van der Waals surface area contributed by atoms with Crippen molar-refractivity contribution < 1.29 is 65.1 Å². The minimum Gasteiger partial charge on any atom is -0.542 e. The van der Waals surface area contributed by atoms with Crippen LogP contribution in [0.2, 0.25) is 0 Å². The molecule has 0 bridgehead atoms.